The zero-order valence-corrected chi connectivity index (χ0v) is 14.8. The molecule has 7 heteroatoms. The van der Waals surface area contributed by atoms with Crippen molar-refractivity contribution in [1.29, 1.82) is 0 Å². The highest BCUT2D eigenvalue weighted by molar-refractivity contribution is 6.03. The summed E-state index contributed by atoms with van der Waals surface area (Å²) in [6.45, 7) is 0. The van der Waals surface area contributed by atoms with Crippen LogP contribution in [0.3, 0.4) is 0 Å². The SMILES string of the molecule is CN(C)c1ccc(Nc2ccc(NC(=O)c3ccc(F)c(F)c3)nc2)cc1. The van der Waals surface area contributed by atoms with Gasteiger partial charge in [0.1, 0.15) is 5.82 Å². The maximum absolute atomic E-state index is 13.2. The quantitative estimate of drug-likeness (QED) is 0.700. The van der Waals surface area contributed by atoms with Crippen LogP contribution < -0.4 is 15.5 Å². The van der Waals surface area contributed by atoms with Crippen molar-refractivity contribution in [3.05, 3.63) is 78.0 Å². The van der Waals surface area contributed by atoms with Crippen molar-refractivity contribution < 1.29 is 13.6 Å². The van der Waals surface area contributed by atoms with Gasteiger partial charge in [-0.25, -0.2) is 13.8 Å². The molecule has 1 aromatic heterocycles. The first kappa shape index (κ1) is 18.3. The number of carbonyl (C=O) groups excluding carboxylic acids is 1. The van der Waals surface area contributed by atoms with E-state index in [0.29, 0.717) is 5.82 Å². The first-order valence-electron chi connectivity index (χ1n) is 8.19. The molecule has 5 nitrogen and oxygen atoms in total. The van der Waals surface area contributed by atoms with Gasteiger partial charge in [-0.2, -0.15) is 0 Å². The Kier molecular flexibility index (Phi) is 5.30. The summed E-state index contributed by atoms with van der Waals surface area (Å²) >= 11 is 0. The Morgan fingerprint density at radius 2 is 1.63 bits per heavy atom. The highest BCUT2D eigenvalue weighted by Crippen LogP contribution is 2.20. The van der Waals surface area contributed by atoms with Crippen LogP contribution in [-0.2, 0) is 0 Å². The molecule has 0 saturated carbocycles. The first-order valence-corrected chi connectivity index (χ1v) is 8.19. The lowest BCUT2D eigenvalue weighted by Gasteiger charge is -2.13. The molecule has 0 unspecified atom stereocenters. The molecule has 0 aliphatic heterocycles. The average molecular weight is 368 g/mol. The number of aromatic nitrogens is 1. The van der Waals surface area contributed by atoms with Gasteiger partial charge in [-0.05, 0) is 54.6 Å². The minimum Gasteiger partial charge on any atom is -0.378 e. The van der Waals surface area contributed by atoms with Crippen molar-refractivity contribution in [3.63, 3.8) is 0 Å². The predicted octanol–water partition coefficient (Wildman–Crippen LogP) is 4.42. The second kappa shape index (κ2) is 7.82. The summed E-state index contributed by atoms with van der Waals surface area (Å²) in [5.74, 6) is -2.34. The molecule has 2 N–H and O–H groups in total. The van der Waals surface area contributed by atoms with Crippen molar-refractivity contribution in [2.45, 2.75) is 0 Å². The number of benzene rings is 2. The highest BCUT2D eigenvalue weighted by atomic mass is 19.2. The van der Waals surface area contributed by atoms with Crippen LogP contribution >= 0.6 is 0 Å². The third-order valence-electron chi connectivity index (χ3n) is 3.86. The summed E-state index contributed by atoms with van der Waals surface area (Å²) in [5.41, 5.74) is 2.76. The van der Waals surface area contributed by atoms with Crippen LogP contribution in [0.15, 0.2) is 60.8 Å². The molecule has 0 radical (unpaired) electrons. The Hall–Kier alpha value is -3.48. The van der Waals surface area contributed by atoms with Gasteiger partial charge in [-0.15, -0.1) is 0 Å². The van der Waals surface area contributed by atoms with Gasteiger partial charge in [-0.3, -0.25) is 4.79 Å². The Morgan fingerprint density at radius 3 is 2.22 bits per heavy atom. The van der Waals surface area contributed by atoms with E-state index in [1.165, 1.54) is 6.07 Å². The normalized spacial score (nSPS) is 10.4. The van der Waals surface area contributed by atoms with Gasteiger partial charge in [-0.1, -0.05) is 0 Å². The monoisotopic (exact) mass is 368 g/mol. The van der Waals surface area contributed by atoms with Crippen LogP contribution in [0.5, 0.6) is 0 Å². The topological polar surface area (TPSA) is 57.3 Å². The molecule has 1 heterocycles. The fourth-order valence-electron chi connectivity index (χ4n) is 2.38. The molecular weight excluding hydrogens is 350 g/mol. The van der Waals surface area contributed by atoms with Gasteiger partial charge in [0.05, 0.1) is 11.9 Å². The minimum absolute atomic E-state index is 0.0129. The Morgan fingerprint density at radius 1 is 0.926 bits per heavy atom. The first-order chi connectivity index (χ1) is 12.9. The summed E-state index contributed by atoms with van der Waals surface area (Å²) in [6.07, 6.45) is 1.57. The smallest absolute Gasteiger partial charge is 0.256 e. The lowest BCUT2D eigenvalue weighted by Crippen LogP contribution is -2.13. The number of pyridine rings is 1. The number of halogens is 2. The van der Waals surface area contributed by atoms with Crippen LogP contribution in [0.2, 0.25) is 0 Å². The summed E-state index contributed by atoms with van der Waals surface area (Å²) in [6, 6.07) is 14.2. The number of hydrogen-bond acceptors (Lipinski definition) is 4. The molecule has 0 spiro atoms. The number of anilines is 4. The Balaban J connectivity index is 1.64. The number of nitrogens with zero attached hydrogens (tertiary/aromatic N) is 2. The van der Waals surface area contributed by atoms with E-state index >= 15 is 0 Å². The van der Waals surface area contributed by atoms with Crippen molar-refractivity contribution in [1.82, 2.24) is 4.98 Å². The Labute approximate surface area is 155 Å². The van der Waals surface area contributed by atoms with Crippen LogP contribution in [0.4, 0.5) is 31.7 Å². The second-order valence-corrected chi connectivity index (χ2v) is 6.08. The number of nitrogens with one attached hydrogen (secondary N) is 2. The lowest BCUT2D eigenvalue weighted by molar-refractivity contribution is 0.102. The summed E-state index contributed by atoms with van der Waals surface area (Å²) in [7, 11) is 3.94. The molecule has 0 bridgehead atoms. The van der Waals surface area contributed by atoms with E-state index in [0.717, 1.165) is 29.2 Å². The van der Waals surface area contributed by atoms with E-state index in [1.54, 1.807) is 18.3 Å². The third-order valence-corrected chi connectivity index (χ3v) is 3.86. The van der Waals surface area contributed by atoms with Crippen LogP contribution in [-0.4, -0.2) is 25.0 Å². The van der Waals surface area contributed by atoms with E-state index in [4.69, 9.17) is 0 Å². The molecule has 0 atom stereocenters. The van der Waals surface area contributed by atoms with Gasteiger partial charge in [0.2, 0.25) is 0 Å². The maximum atomic E-state index is 13.2. The van der Waals surface area contributed by atoms with Crippen molar-refractivity contribution >= 4 is 28.8 Å². The molecular formula is C20H18F2N4O. The number of amides is 1. The predicted molar refractivity (Wildman–Crippen MR) is 103 cm³/mol. The van der Waals surface area contributed by atoms with E-state index < -0.39 is 17.5 Å². The molecule has 1 amide bonds. The standard InChI is InChI=1S/C20H18F2N4O/c1-26(2)16-7-4-14(5-8-16)24-15-6-10-19(23-12-15)25-20(27)13-3-9-17(21)18(22)11-13/h3-12,24H,1-2H3,(H,23,25,27). The molecule has 0 aliphatic carbocycles. The van der Waals surface area contributed by atoms with E-state index in [-0.39, 0.29) is 5.56 Å². The van der Waals surface area contributed by atoms with Gasteiger partial charge >= 0.3 is 0 Å². The molecule has 2 aromatic carbocycles. The molecule has 0 aliphatic rings. The molecule has 138 valence electrons. The van der Waals surface area contributed by atoms with Crippen LogP contribution in [0.25, 0.3) is 0 Å². The van der Waals surface area contributed by atoms with Crippen molar-refractivity contribution in [2.24, 2.45) is 0 Å². The molecule has 3 aromatic rings. The van der Waals surface area contributed by atoms with Gasteiger partial charge in [0.25, 0.3) is 5.91 Å². The summed E-state index contributed by atoms with van der Waals surface area (Å²) in [5, 5.41) is 5.75. The number of rotatable bonds is 5. The van der Waals surface area contributed by atoms with E-state index in [1.807, 2.05) is 43.3 Å². The average Bonchev–Trinajstić information content (AvgIpc) is 2.66. The zero-order chi connectivity index (χ0) is 19.4. The largest absolute Gasteiger partial charge is 0.378 e. The Bertz CT molecular complexity index is 941. The number of carbonyl (C=O) groups is 1. The second-order valence-electron chi connectivity index (χ2n) is 6.08. The van der Waals surface area contributed by atoms with Gasteiger partial charge in [0, 0.05) is 31.0 Å². The van der Waals surface area contributed by atoms with Crippen LogP contribution in [0, 0.1) is 11.6 Å². The summed E-state index contributed by atoms with van der Waals surface area (Å²) < 4.78 is 26.2. The third kappa shape index (κ3) is 4.58. The molecule has 27 heavy (non-hydrogen) atoms. The van der Waals surface area contributed by atoms with Gasteiger partial charge < -0.3 is 15.5 Å². The zero-order valence-electron chi connectivity index (χ0n) is 14.8. The highest BCUT2D eigenvalue weighted by Gasteiger charge is 2.10. The molecule has 0 fully saturated rings. The summed E-state index contributed by atoms with van der Waals surface area (Å²) in [4.78, 5) is 18.2. The maximum Gasteiger partial charge on any atom is 0.256 e. The number of hydrogen-bond donors (Lipinski definition) is 2. The molecule has 0 saturated heterocycles. The fraction of sp³-hybridized carbons (Fsp3) is 0.100. The molecule has 3 rings (SSSR count). The van der Waals surface area contributed by atoms with Crippen molar-refractivity contribution in [2.75, 3.05) is 29.6 Å². The van der Waals surface area contributed by atoms with Crippen molar-refractivity contribution in [3.8, 4) is 0 Å². The minimum atomic E-state index is -1.07. The van der Waals surface area contributed by atoms with E-state index in [9.17, 15) is 13.6 Å². The van der Waals surface area contributed by atoms with Gasteiger partial charge in [0.15, 0.2) is 11.6 Å². The lowest BCUT2D eigenvalue weighted by atomic mass is 10.2. The fourth-order valence-corrected chi connectivity index (χ4v) is 2.38. The van der Waals surface area contributed by atoms with Crippen LogP contribution in [0.1, 0.15) is 10.4 Å². The van der Waals surface area contributed by atoms with E-state index in [2.05, 4.69) is 15.6 Å².